The molecular weight excluding hydrogens is 244 g/mol. The van der Waals surface area contributed by atoms with Gasteiger partial charge in [0.1, 0.15) is 0 Å². The lowest BCUT2D eigenvalue weighted by molar-refractivity contribution is 0.0922. The van der Waals surface area contributed by atoms with Gasteiger partial charge in [0.15, 0.2) is 5.78 Å². The fourth-order valence-electron chi connectivity index (χ4n) is 2.56. The van der Waals surface area contributed by atoms with Gasteiger partial charge in [-0.1, -0.05) is 12.1 Å². The van der Waals surface area contributed by atoms with Crippen LogP contribution in [-0.4, -0.2) is 29.5 Å². The van der Waals surface area contributed by atoms with E-state index in [0.717, 1.165) is 16.5 Å². The number of ether oxygens (including phenoxy) is 1. The highest BCUT2D eigenvalue weighted by Gasteiger charge is 2.30. The molecule has 0 saturated carbocycles. The third-order valence-corrected chi connectivity index (χ3v) is 3.37. The largest absolute Gasteiger partial charge is 0.450 e. The Morgan fingerprint density at radius 2 is 2.37 bits per heavy atom. The molecule has 2 aromatic rings. The van der Waals surface area contributed by atoms with Crippen molar-refractivity contribution in [1.29, 1.82) is 0 Å². The Morgan fingerprint density at radius 1 is 1.53 bits per heavy atom. The molecule has 1 aliphatic rings. The van der Waals surface area contributed by atoms with Gasteiger partial charge in [0, 0.05) is 29.1 Å². The first kappa shape index (κ1) is 11.8. The number of aromatic amines is 1. The third kappa shape index (κ3) is 1.87. The molecule has 0 saturated heterocycles. The van der Waals surface area contributed by atoms with Gasteiger partial charge in [-0.25, -0.2) is 4.79 Å². The summed E-state index contributed by atoms with van der Waals surface area (Å²) in [5.41, 5.74) is 2.66. The topological polar surface area (TPSA) is 71.2 Å². The number of hydrogen-bond donors (Lipinski definition) is 2. The molecule has 1 aromatic heterocycles. The second kappa shape index (κ2) is 4.42. The number of H-pyrrole nitrogens is 1. The summed E-state index contributed by atoms with van der Waals surface area (Å²) in [5, 5.41) is 3.59. The van der Waals surface area contributed by atoms with E-state index < -0.39 is 12.1 Å². The van der Waals surface area contributed by atoms with Gasteiger partial charge < -0.3 is 15.0 Å². The SMILES string of the molecule is CCOC(=O)NC1Cc2cccc3[nH]cc(c23)C1=O. The summed E-state index contributed by atoms with van der Waals surface area (Å²) in [6.45, 7) is 2.02. The van der Waals surface area contributed by atoms with Gasteiger partial charge >= 0.3 is 6.09 Å². The summed E-state index contributed by atoms with van der Waals surface area (Å²) in [6.07, 6.45) is 1.65. The van der Waals surface area contributed by atoms with E-state index in [-0.39, 0.29) is 12.4 Å². The monoisotopic (exact) mass is 258 g/mol. The Bertz CT molecular complexity index is 660. The van der Waals surface area contributed by atoms with Gasteiger partial charge in [-0.2, -0.15) is 0 Å². The second-order valence-corrected chi connectivity index (χ2v) is 4.53. The van der Waals surface area contributed by atoms with Crippen molar-refractivity contribution >= 4 is 22.8 Å². The average Bonchev–Trinajstić information content (AvgIpc) is 2.81. The van der Waals surface area contributed by atoms with Crippen LogP contribution < -0.4 is 5.32 Å². The summed E-state index contributed by atoms with van der Waals surface area (Å²) in [4.78, 5) is 26.9. The minimum absolute atomic E-state index is 0.0713. The zero-order valence-electron chi connectivity index (χ0n) is 10.5. The number of alkyl carbamates (subject to hydrolysis) is 1. The number of benzene rings is 1. The Kier molecular flexibility index (Phi) is 2.74. The van der Waals surface area contributed by atoms with Crippen LogP contribution in [0.15, 0.2) is 24.4 Å². The van der Waals surface area contributed by atoms with Crippen molar-refractivity contribution in [2.75, 3.05) is 6.61 Å². The van der Waals surface area contributed by atoms with E-state index in [1.54, 1.807) is 13.1 Å². The lowest BCUT2D eigenvalue weighted by Gasteiger charge is -2.22. The molecular formula is C14H14N2O3. The van der Waals surface area contributed by atoms with Gasteiger partial charge in [-0.15, -0.1) is 0 Å². The maximum atomic E-state index is 12.3. The molecule has 1 amide bonds. The van der Waals surface area contributed by atoms with Crippen LogP contribution in [-0.2, 0) is 11.2 Å². The molecule has 98 valence electrons. The fourth-order valence-corrected chi connectivity index (χ4v) is 2.56. The highest BCUT2D eigenvalue weighted by molar-refractivity contribution is 6.14. The van der Waals surface area contributed by atoms with Crippen LogP contribution in [0.5, 0.6) is 0 Å². The normalized spacial score (nSPS) is 17.5. The first-order valence-corrected chi connectivity index (χ1v) is 6.27. The van der Waals surface area contributed by atoms with Crippen LogP contribution in [0.1, 0.15) is 22.8 Å². The Hall–Kier alpha value is -2.30. The first-order valence-electron chi connectivity index (χ1n) is 6.27. The Balaban J connectivity index is 1.94. The number of rotatable bonds is 2. The predicted octanol–water partition coefficient (Wildman–Crippen LogP) is 2.02. The zero-order chi connectivity index (χ0) is 13.4. The molecule has 0 aliphatic heterocycles. The summed E-state index contributed by atoms with van der Waals surface area (Å²) < 4.78 is 4.83. The number of ketones is 1. The molecule has 5 nitrogen and oxygen atoms in total. The van der Waals surface area contributed by atoms with Crippen LogP contribution in [0.25, 0.3) is 10.9 Å². The third-order valence-electron chi connectivity index (χ3n) is 3.37. The maximum absolute atomic E-state index is 12.3. The number of aromatic nitrogens is 1. The Labute approximate surface area is 109 Å². The molecule has 1 heterocycles. The summed E-state index contributed by atoms with van der Waals surface area (Å²) in [6, 6.07) is 5.31. The van der Waals surface area contributed by atoms with Gasteiger partial charge in [0.05, 0.1) is 12.6 Å². The molecule has 0 radical (unpaired) electrons. The standard InChI is InChI=1S/C14H14N2O3/c1-2-19-14(18)16-11-6-8-4-3-5-10-12(8)9(7-15-10)13(11)17/h3-5,7,11,15H,2,6H2,1H3,(H,16,18). The molecule has 5 heteroatoms. The number of amides is 1. The molecule has 1 unspecified atom stereocenters. The molecule has 3 rings (SSSR count). The van der Waals surface area contributed by atoms with Gasteiger partial charge in [-0.3, -0.25) is 4.79 Å². The average molecular weight is 258 g/mol. The molecule has 1 aliphatic carbocycles. The van der Waals surface area contributed by atoms with Crippen LogP contribution in [0.2, 0.25) is 0 Å². The van der Waals surface area contributed by atoms with Crippen LogP contribution >= 0.6 is 0 Å². The molecule has 0 spiro atoms. The van der Waals surface area contributed by atoms with Crippen molar-refractivity contribution in [1.82, 2.24) is 10.3 Å². The van der Waals surface area contributed by atoms with Crippen molar-refractivity contribution < 1.29 is 14.3 Å². The van der Waals surface area contributed by atoms with Gasteiger partial charge in [0.2, 0.25) is 0 Å². The van der Waals surface area contributed by atoms with E-state index in [1.807, 2.05) is 18.2 Å². The number of hydrogen-bond acceptors (Lipinski definition) is 3. The molecule has 1 atom stereocenters. The minimum atomic E-state index is -0.549. The molecule has 1 aromatic carbocycles. The lowest BCUT2D eigenvalue weighted by Crippen LogP contribution is -2.44. The first-order chi connectivity index (χ1) is 9.20. The zero-order valence-corrected chi connectivity index (χ0v) is 10.5. The highest BCUT2D eigenvalue weighted by Crippen LogP contribution is 2.29. The predicted molar refractivity (Wildman–Crippen MR) is 70.3 cm³/mol. The second-order valence-electron chi connectivity index (χ2n) is 4.53. The quantitative estimate of drug-likeness (QED) is 0.865. The highest BCUT2D eigenvalue weighted by atomic mass is 16.5. The molecule has 19 heavy (non-hydrogen) atoms. The van der Waals surface area contributed by atoms with Crippen LogP contribution in [0.4, 0.5) is 4.79 Å². The van der Waals surface area contributed by atoms with Crippen molar-refractivity contribution in [2.45, 2.75) is 19.4 Å². The van der Waals surface area contributed by atoms with E-state index in [4.69, 9.17) is 4.74 Å². The van der Waals surface area contributed by atoms with E-state index in [9.17, 15) is 9.59 Å². The van der Waals surface area contributed by atoms with Gasteiger partial charge in [0.25, 0.3) is 0 Å². The minimum Gasteiger partial charge on any atom is -0.450 e. The molecule has 0 fully saturated rings. The summed E-state index contributed by atoms with van der Waals surface area (Å²) in [7, 11) is 0. The fraction of sp³-hybridized carbons (Fsp3) is 0.286. The number of nitrogens with one attached hydrogen (secondary N) is 2. The van der Waals surface area contributed by atoms with E-state index >= 15 is 0 Å². The van der Waals surface area contributed by atoms with Crippen LogP contribution in [0, 0.1) is 0 Å². The van der Waals surface area contributed by atoms with Crippen LogP contribution in [0.3, 0.4) is 0 Å². The number of carbonyl (C=O) groups excluding carboxylic acids is 2. The number of carbonyl (C=O) groups is 2. The molecule has 2 N–H and O–H groups in total. The van der Waals surface area contributed by atoms with E-state index in [0.29, 0.717) is 12.0 Å². The Morgan fingerprint density at radius 3 is 3.16 bits per heavy atom. The smallest absolute Gasteiger partial charge is 0.407 e. The maximum Gasteiger partial charge on any atom is 0.407 e. The summed E-state index contributed by atoms with van der Waals surface area (Å²) >= 11 is 0. The van der Waals surface area contributed by atoms with Crippen molar-refractivity contribution in [3.05, 3.63) is 35.5 Å². The van der Waals surface area contributed by atoms with E-state index in [2.05, 4.69) is 10.3 Å². The van der Waals surface area contributed by atoms with Crippen molar-refractivity contribution in [2.24, 2.45) is 0 Å². The lowest BCUT2D eigenvalue weighted by atomic mass is 9.88. The van der Waals surface area contributed by atoms with Crippen molar-refractivity contribution in [3.63, 3.8) is 0 Å². The number of Topliss-reactive ketones (excluding diaryl/α,β-unsaturated/α-hetero) is 1. The van der Waals surface area contributed by atoms with E-state index in [1.165, 1.54) is 0 Å². The summed E-state index contributed by atoms with van der Waals surface area (Å²) in [5.74, 6) is -0.0713. The molecule has 0 bridgehead atoms. The van der Waals surface area contributed by atoms with Gasteiger partial charge in [-0.05, 0) is 18.6 Å². The van der Waals surface area contributed by atoms with Crippen molar-refractivity contribution in [3.8, 4) is 0 Å².